The molecule has 2 heterocycles. The molecule has 1 aromatic rings. The molecular formula is C14H22N4O4S2. The number of aromatic nitrogens is 3. The van der Waals surface area contributed by atoms with Crippen LogP contribution in [0.25, 0.3) is 0 Å². The van der Waals surface area contributed by atoms with E-state index >= 15 is 0 Å². The SMILES string of the molecule is CCN(C(=O)[C@@H](C)Sc1n[nH]c(=O)n1C1CC1)[C@H]1CCS(=O)(=O)C1. The lowest BCUT2D eigenvalue weighted by Gasteiger charge is -2.29. The molecule has 2 aliphatic rings. The molecule has 2 fully saturated rings. The van der Waals surface area contributed by atoms with Crippen LogP contribution in [0.1, 0.15) is 39.2 Å². The van der Waals surface area contributed by atoms with Gasteiger partial charge in [-0.1, -0.05) is 11.8 Å². The molecule has 1 aromatic heterocycles. The molecule has 1 saturated heterocycles. The fourth-order valence-electron chi connectivity index (χ4n) is 3.09. The highest BCUT2D eigenvalue weighted by atomic mass is 32.2. The van der Waals surface area contributed by atoms with Crippen LogP contribution in [0.3, 0.4) is 0 Å². The van der Waals surface area contributed by atoms with Crippen LogP contribution in [0.4, 0.5) is 0 Å². The molecule has 1 aliphatic carbocycles. The minimum atomic E-state index is -3.04. The number of aromatic amines is 1. The van der Waals surface area contributed by atoms with Gasteiger partial charge >= 0.3 is 5.69 Å². The van der Waals surface area contributed by atoms with E-state index in [9.17, 15) is 18.0 Å². The highest BCUT2D eigenvalue weighted by Gasteiger charge is 2.36. The van der Waals surface area contributed by atoms with E-state index in [1.54, 1.807) is 16.4 Å². The zero-order valence-corrected chi connectivity index (χ0v) is 15.4. The van der Waals surface area contributed by atoms with Crippen LogP contribution in [0, 0.1) is 0 Å². The summed E-state index contributed by atoms with van der Waals surface area (Å²) in [6.07, 6.45) is 2.40. The average Bonchev–Trinajstić information content (AvgIpc) is 3.20. The van der Waals surface area contributed by atoms with Crippen LogP contribution in [-0.4, -0.2) is 63.3 Å². The fourth-order valence-corrected chi connectivity index (χ4v) is 5.81. The monoisotopic (exact) mass is 374 g/mol. The van der Waals surface area contributed by atoms with E-state index in [4.69, 9.17) is 0 Å². The number of nitrogens with zero attached hydrogens (tertiary/aromatic N) is 3. The third-order valence-electron chi connectivity index (χ3n) is 4.49. The van der Waals surface area contributed by atoms with Crippen molar-refractivity contribution in [3.05, 3.63) is 10.5 Å². The molecule has 24 heavy (non-hydrogen) atoms. The fraction of sp³-hybridized carbons (Fsp3) is 0.786. The molecule has 1 saturated carbocycles. The number of hydrogen-bond acceptors (Lipinski definition) is 6. The van der Waals surface area contributed by atoms with Crippen molar-refractivity contribution in [2.45, 2.75) is 55.6 Å². The van der Waals surface area contributed by atoms with Gasteiger partial charge in [0.2, 0.25) is 5.91 Å². The first kappa shape index (κ1) is 17.5. The van der Waals surface area contributed by atoms with Crippen LogP contribution < -0.4 is 5.69 Å². The van der Waals surface area contributed by atoms with Gasteiger partial charge in [0.1, 0.15) is 0 Å². The Balaban J connectivity index is 1.71. The van der Waals surface area contributed by atoms with Crippen molar-refractivity contribution in [3.8, 4) is 0 Å². The predicted molar refractivity (Wildman–Crippen MR) is 90.9 cm³/mol. The lowest BCUT2D eigenvalue weighted by molar-refractivity contribution is -0.131. The Morgan fingerprint density at radius 1 is 1.46 bits per heavy atom. The summed E-state index contributed by atoms with van der Waals surface area (Å²) < 4.78 is 25.0. The molecule has 1 aliphatic heterocycles. The minimum absolute atomic E-state index is 0.0408. The number of carbonyl (C=O) groups excluding carboxylic acids is 1. The van der Waals surface area contributed by atoms with E-state index < -0.39 is 15.1 Å². The number of H-pyrrole nitrogens is 1. The zero-order chi connectivity index (χ0) is 17.5. The first-order valence-electron chi connectivity index (χ1n) is 8.17. The molecular weight excluding hydrogens is 352 g/mol. The topological polar surface area (TPSA) is 105 Å². The van der Waals surface area contributed by atoms with Crippen molar-refractivity contribution in [2.75, 3.05) is 18.1 Å². The van der Waals surface area contributed by atoms with Gasteiger partial charge in [0.05, 0.1) is 16.8 Å². The minimum Gasteiger partial charge on any atom is -0.338 e. The maximum atomic E-state index is 12.8. The largest absolute Gasteiger partial charge is 0.344 e. The maximum Gasteiger partial charge on any atom is 0.344 e. The number of carbonyl (C=O) groups is 1. The Morgan fingerprint density at radius 3 is 2.71 bits per heavy atom. The molecule has 2 atom stereocenters. The molecule has 10 heteroatoms. The summed E-state index contributed by atoms with van der Waals surface area (Å²) in [6, 6.07) is -0.0661. The first-order chi connectivity index (χ1) is 11.3. The lowest BCUT2D eigenvalue weighted by atomic mass is 10.2. The highest BCUT2D eigenvalue weighted by Crippen LogP contribution is 2.37. The quantitative estimate of drug-likeness (QED) is 0.724. The van der Waals surface area contributed by atoms with Crippen LogP contribution in [0.2, 0.25) is 0 Å². The number of nitrogens with one attached hydrogen (secondary N) is 1. The zero-order valence-electron chi connectivity index (χ0n) is 13.8. The molecule has 3 rings (SSSR count). The normalized spacial score (nSPS) is 24.0. The molecule has 0 aromatic carbocycles. The van der Waals surface area contributed by atoms with Gasteiger partial charge in [-0.3, -0.25) is 9.36 Å². The van der Waals surface area contributed by atoms with Gasteiger partial charge in [0, 0.05) is 18.6 Å². The second-order valence-corrected chi connectivity index (χ2v) is 9.89. The molecule has 0 unspecified atom stereocenters. The van der Waals surface area contributed by atoms with Crippen molar-refractivity contribution in [1.29, 1.82) is 0 Å². The third kappa shape index (κ3) is 3.53. The standard InChI is InChI=1S/C14H22N4O4S2/c1-3-17(11-6-7-24(21,22)8-11)12(19)9(2)23-14-16-15-13(20)18(14)10-4-5-10/h9-11H,3-8H2,1-2H3,(H,15,20)/t9-,11+/m1/s1. The van der Waals surface area contributed by atoms with E-state index in [1.165, 1.54) is 11.8 Å². The van der Waals surface area contributed by atoms with E-state index in [0.717, 1.165) is 12.8 Å². The molecule has 1 N–H and O–H groups in total. The van der Waals surface area contributed by atoms with E-state index in [0.29, 0.717) is 18.1 Å². The van der Waals surface area contributed by atoms with Crippen LogP contribution in [0.5, 0.6) is 0 Å². The van der Waals surface area contributed by atoms with Gasteiger partial charge in [-0.25, -0.2) is 18.3 Å². The Kier molecular flexibility index (Phi) is 4.78. The third-order valence-corrected chi connectivity index (χ3v) is 7.29. The smallest absolute Gasteiger partial charge is 0.338 e. The molecule has 0 spiro atoms. The molecule has 134 valence electrons. The van der Waals surface area contributed by atoms with Gasteiger partial charge in [0.15, 0.2) is 15.0 Å². The Hall–Kier alpha value is -1.29. The van der Waals surface area contributed by atoms with Gasteiger partial charge in [-0.2, -0.15) is 0 Å². The summed E-state index contributed by atoms with van der Waals surface area (Å²) in [5.41, 5.74) is -0.242. The van der Waals surface area contributed by atoms with E-state index in [2.05, 4.69) is 10.2 Å². The van der Waals surface area contributed by atoms with Gasteiger partial charge in [-0.05, 0) is 33.1 Å². The summed E-state index contributed by atoms with van der Waals surface area (Å²) in [6.45, 7) is 4.10. The van der Waals surface area contributed by atoms with Crippen LogP contribution in [0.15, 0.2) is 9.95 Å². The highest BCUT2D eigenvalue weighted by molar-refractivity contribution is 8.00. The second kappa shape index (κ2) is 6.55. The van der Waals surface area contributed by atoms with Gasteiger partial charge in [0.25, 0.3) is 0 Å². The Labute approximate surface area is 144 Å². The summed E-state index contributed by atoms with van der Waals surface area (Å²) in [5, 5.41) is 6.57. The number of hydrogen-bond donors (Lipinski definition) is 1. The van der Waals surface area contributed by atoms with Gasteiger partial charge < -0.3 is 4.90 Å². The molecule has 0 radical (unpaired) electrons. The molecule has 1 amide bonds. The van der Waals surface area contributed by atoms with Crippen molar-refractivity contribution >= 4 is 27.5 Å². The predicted octanol–water partition coefficient (Wildman–Crippen LogP) is 0.422. The Bertz CT molecular complexity index is 781. The number of thioether (sulfide) groups is 1. The Morgan fingerprint density at radius 2 is 2.17 bits per heavy atom. The van der Waals surface area contributed by atoms with Crippen LogP contribution in [-0.2, 0) is 14.6 Å². The number of amides is 1. The van der Waals surface area contributed by atoms with Crippen molar-refractivity contribution in [2.24, 2.45) is 0 Å². The first-order valence-corrected chi connectivity index (χ1v) is 10.9. The summed E-state index contributed by atoms with van der Waals surface area (Å²) in [7, 11) is -3.04. The maximum absolute atomic E-state index is 12.8. The van der Waals surface area contributed by atoms with Crippen LogP contribution >= 0.6 is 11.8 Å². The van der Waals surface area contributed by atoms with E-state index in [1.807, 2.05) is 6.92 Å². The van der Waals surface area contributed by atoms with Gasteiger partial charge in [-0.15, -0.1) is 5.10 Å². The summed E-state index contributed by atoms with van der Waals surface area (Å²) in [4.78, 5) is 26.2. The summed E-state index contributed by atoms with van der Waals surface area (Å²) in [5.74, 6) is 0.0744. The van der Waals surface area contributed by atoms with E-state index in [-0.39, 0.29) is 35.2 Å². The summed E-state index contributed by atoms with van der Waals surface area (Å²) >= 11 is 1.25. The lowest BCUT2D eigenvalue weighted by Crippen LogP contribution is -2.44. The average molecular weight is 374 g/mol. The van der Waals surface area contributed by atoms with Crippen molar-refractivity contribution in [3.63, 3.8) is 0 Å². The van der Waals surface area contributed by atoms with Crippen molar-refractivity contribution < 1.29 is 13.2 Å². The number of rotatable bonds is 6. The van der Waals surface area contributed by atoms with Crippen molar-refractivity contribution in [1.82, 2.24) is 19.7 Å². The second-order valence-electron chi connectivity index (χ2n) is 6.35. The molecule has 8 nitrogen and oxygen atoms in total. The molecule has 0 bridgehead atoms. The number of sulfone groups is 1.